The molecule has 3 rings (SSSR count). The van der Waals surface area contributed by atoms with Crippen LogP contribution in [0.1, 0.15) is 10.5 Å². The van der Waals surface area contributed by atoms with E-state index < -0.39 is 0 Å². The molecule has 0 saturated carbocycles. The van der Waals surface area contributed by atoms with Crippen molar-refractivity contribution < 1.29 is 19.0 Å². The van der Waals surface area contributed by atoms with Crippen LogP contribution in [0.4, 0.5) is 0 Å². The zero-order valence-corrected chi connectivity index (χ0v) is 12.6. The Morgan fingerprint density at radius 1 is 1.23 bits per heavy atom. The number of aromatic nitrogens is 1. The predicted molar refractivity (Wildman–Crippen MR) is 80.4 cm³/mol. The highest BCUT2D eigenvalue weighted by Gasteiger charge is 2.20. The van der Waals surface area contributed by atoms with Crippen molar-refractivity contribution in [3.8, 4) is 28.5 Å². The summed E-state index contributed by atoms with van der Waals surface area (Å²) in [6.45, 7) is 0.189. The zero-order chi connectivity index (χ0) is 15.7. The molecule has 6 nitrogen and oxygen atoms in total. The molecule has 0 radical (unpaired) electrons. The molecular formula is C16H16N2O4. The molecule has 0 unspecified atom stereocenters. The number of hydrogen-bond donors (Lipinski definition) is 0. The van der Waals surface area contributed by atoms with Gasteiger partial charge in [-0.3, -0.25) is 4.79 Å². The van der Waals surface area contributed by atoms with Crippen LogP contribution >= 0.6 is 0 Å². The summed E-state index contributed by atoms with van der Waals surface area (Å²) in [5.41, 5.74) is 1.77. The lowest BCUT2D eigenvalue weighted by Crippen LogP contribution is -2.22. The van der Waals surface area contributed by atoms with Gasteiger partial charge in [0.1, 0.15) is 11.4 Å². The molecule has 2 heterocycles. The van der Waals surface area contributed by atoms with Crippen molar-refractivity contribution in [2.75, 3.05) is 28.0 Å². The van der Waals surface area contributed by atoms with Crippen LogP contribution in [0.3, 0.4) is 0 Å². The SMILES string of the molecule is COc1cc2c(cc1-c1cccc(C(=O)N(C)C)n1)OCO2. The van der Waals surface area contributed by atoms with Gasteiger partial charge in [-0.05, 0) is 18.2 Å². The molecule has 22 heavy (non-hydrogen) atoms. The highest BCUT2D eigenvalue weighted by Crippen LogP contribution is 2.41. The minimum absolute atomic E-state index is 0.151. The number of nitrogens with zero attached hydrogens (tertiary/aromatic N) is 2. The van der Waals surface area contributed by atoms with Gasteiger partial charge in [0.05, 0.1) is 12.8 Å². The Hall–Kier alpha value is -2.76. The number of fused-ring (bicyclic) bond motifs is 1. The van der Waals surface area contributed by atoms with Crippen LogP contribution in [0.15, 0.2) is 30.3 Å². The topological polar surface area (TPSA) is 60.9 Å². The summed E-state index contributed by atoms with van der Waals surface area (Å²) in [6.07, 6.45) is 0. The van der Waals surface area contributed by atoms with Crippen molar-refractivity contribution in [3.63, 3.8) is 0 Å². The molecule has 0 atom stereocenters. The first-order valence-corrected chi connectivity index (χ1v) is 6.77. The van der Waals surface area contributed by atoms with E-state index in [1.165, 1.54) is 4.90 Å². The molecule has 0 N–H and O–H groups in total. The van der Waals surface area contributed by atoms with Gasteiger partial charge in [0.2, 0.25) is 6.79 Å². The Labute approximate surface area is 128 Å². The van der Waals surface area contributed by atoms with Crippen LogP contribution in [0.5, 0.6) is 17.2 Å². The lowest BCUT2D eigenvalue weighted by molar-refractivity contribution is 0.0822. The summed E-state index contributed by atoms with van der Waals surface area (Å²) in [7, 11) is 4.96. The molecule has 1 amide bonds. The number of pyridine rings is 1. The summed E-state index contributed by atoms with van der Waals surface area (Å²) < 4.78 is 16.1. The maximum Gasteiger partial charge on any atom is 0.271 e. The van der Waals surface area contributed by atoms with Crippen molar-refractivity contribution in [2.45, 2.75) is 0 Å². The van der Waals surface area contributed by atoms with Gasteiger partial charge in [-0.2, -0.15) is 0 Å². The second kappa shape index (κ2) is 5.55. The molecule has 1 aromatic carbocycles. The molecule has 6 heteroatoms. The summed E-state index contributed by atoms with van der Waals surface area (Å²) in [6, 6.07) is 8.88. The van der Waals surface area contributed by atoms with Gasteiger partial charge in [0.15, 0.2) is 11.5 Å². The number of methoxy groups -OCH3 is 1. The maximum absolute atomic E-state index is 12.1. The maximum atomic E-state index is 12.1. The Kier molecular flexibility index (Phi) is 3.58. The van der Waals surface area contributed by atoms with Crippen molar-refractivity contribution in [2.24, 2.45) is 0 Å². The average Bonchev–Trinajstić information content (AvgIpc) is 3.00. The summed E-state index contributed by atoms with van der Waals surface area (Å²) in [4.78, 5) is 18.0. The highest BCUT2D eigenvalue weighted by molar-refractivity contribution is 5.92. The normalized spacial score (nSPS) is 12.1. The summed E-state index contributed by atoms with van der Waals surface area (Å²) in [5.74, 6) is 1.75. The summed E-state index contributed by atoms with van der Waals surface area (Å²) in [5, 5.41) is 0. The lowest BCUT2D eigenvalue weighted by Gasteiger charge is -2.12. The number of carbonyl (C=O) groups is 1. The smallest absolute Gasteiger partial charge is 0.271 e. The zero-order valence-electron chi connectivity index (χ0n) is 12.6. The van der Waals surface area contributed by atoms with E-state index in [4.69, 9.17) is 14.2 Å². The van der Waals surface area contributed by atoms with Gasteiger partial charge in [0, 0.05) is 25.7 Å². The van der Waals surface area contributed by atoms with E-state index in [0.29, 0.717) is 28.6 Å². The number of carbonyl (C=O) groups excluding carboxylic acids is 1. The van der Waals surface area contributed by atoms with E-state index in [-0.39, 0.29) is 12.7 Å². The fourth-order valence-corrected chi connectivity index (χ4v) is 2.23. The second-order valence-electron chi connectivity index (χ2n) is 5.01. The monoisotopic (exact) mass is 300 g/mol. The Bertz CT molecular complexity index is 728. The largest absolute Gasteiger partial charge is 0.496 e. The first kappa shape index (κ1) is 14.2. The molecule has 1 aliphatic rings. The Balaban J connectivity index is 2.08. The van der Waals surface area contributed by atoms with Gasteiger partial charge < -0.3 is 19.1 Å². The third-order valence-corrected chi connectivity index (χ3v) is 3.35. The van der Waals surface area contributed by atoms with E-state index in [2.05, 4.69) is 4.98 Å². The van der Waals surface area contributed by atoms with Gasteiger partial charge in [-0.15, -0.1) is 0 Å². The molecular weight excluding hydrogens is 284 g/mol. The number of hydrogen-bond acceptors (Lipinski definition) is 5. The van der Waals surface area contributed by atoms with E-state index in [9.17, 15) is 4.79 Å². The predicted octanol–water partition coefficient (Wildman–Crippen LogP) is 2.19. The molecule has 0 bridgehead atoms. The minimum atomic E-state index is -0.151. The van der Waals surface area contributed by atoms with Crippen LogP contribution in [0, 0.1) is 0 Å². The number of benzene rings is 1. The molecule has 2 aromatic rings. The van der Waals surface area contributed by atoms with Crippen LogP contribution in [0.25, 0.3) is 11.3 Å². The van der Waals surface area contributed by atoms with Gasteiger partial charge in [-0.1, -0.05) is 6.07 Å². The standard InChI is InChI=1S/C16H16N2O4/c1-18(2)16(19)12-6-4-5-11(17-12)10-7-14-15(22-9-21-14)8-13(10)20-3/h4-8H,9H2,1-3H3. The van der Waals surface area contributed by atoms with Crippen LogP contribution in [-0.4, -0.2) is 43.8 Å². The fourth-order valence-electron chi connectivity index (χ4n) is 2.23. The quantitative estimate of drug-likeness (QED) is 0.869. The fraction of sp³-hybridized carbons (Fsp3) is 0.250. The Morgan fingerprint density at radius 2 is 1.95 bits per heavy atom. The number of amides is 1. The second-order valence-corrected chi connectivity index (χ2v) is 5.01. The van der Waals surface area contributed by atoms with E-state index >= 15 is 0 Å². The molecule has 114 valence electrons. The Morgan fingerprint density at radius 3 is 2.64 bits per heavy atom. The first-order valence-electron chi connectivity index (χ1n) is 6.77. The van der Waals surface area contributed by atoms with Crippen LogP contribution in [-0.2, 0) is 0 Å². The van der Waals surface area contributed by atoms with E-state index in [1.807, 2.05) is 12.1 Å². The third kappa shape index (κ3) is 2.43. The third-order valence-electron chi connectivity index (χ3n) is 3.35. The molecule has 0 aliphatic carbocycles. The van der Waals surface area contributed by atoms with Crippen molar-refractivity contribution in [1.29, 1.82) is 0 Å². The van der Waals surface area contributed by atoms with E-state index in [0.717, 1.165) is 5.56 Å². The highest BCUT2D eigenvalue weighted by atomic mass is 16.7. The molecule has 0 spiro atoms. The summed E-state index contributed by atoms with van der Waals surface area (Å²) >= 11 is 0. The van der Waals surface area contributed by atoms with Crippen LogP contribution in [0.2, 0.25) is 0 Å². The van der Waals surface area contributed by atoms with Gasteiger partial charge >= 0.3 is 0 Å². The van der Waals surface area contributed by atoms with Gasteiger partial charge in [-0.25, -0.2) is 4.98 Å². The van der Waals surface area contributed by atoms with Crippen molar-refractivity contribution in [1.82, 2.24) is 9.88 Å². The van der Waals surface area contributed by atoms with Gasteiger partial charge in [0.25, 0.3) is 5.91 Å². The first-order chi connectivity index (χ1) is 10.6. The average molecular weight is 300 g/mol. The van der Waals surface area contributed by atoms with Crippen LogP contribution < -0.4 is 14.2 Å². The van der Waals surface area contributed by atoms with Crippen molar-refractivity contribution in [3.05, 3.63) is 36.0 Å². The van der Waals surface area contributed by atoms with Crippen molar-refractivity contribution >= 4 is 5.91 Å². The molecule has 1 aliphatic heterocycles. The number of ether oxygens (including phenoxy) is 3. The molecule has 1 aromatic heterocycles. The number of rotatable bonds is 3. The van der Waals surface area contributed by atoms with E-state index in [1.54, 1.807) is 39.4 Å². The molecule has 0 saturated heterocycles. The minimum Gasteiger partial charge on any atom is -0.496 e. The molecule has 0 fully saturated rings. The lowest BCUT2D eigenvalue weighted by atomic mass is 10.1.